The zero-order valence-electron chi connectivity index (χ0n) is 16.2. The first kappa shape index (κ1) is 19.7. The molecule has 0 aliphatic heterocycles. The number of rotatable bonds is 7. The molecule has 0 heterocycles. The lowest BCUT2D eigenvalue weighted by Gasteiger charge is -2.24. The van der Waals surface area contributed by atoms with Gasteiger partial charge in [-0.15, -0.1) is 0 Å². The minimum Gasteiger partial charge on any atom is -0.289 e. The van der Waals surface area contributed by atoms with Gasteiger partial charge >= 0.3 is 0 Å². The smallest absolute Gasteiger partial charge is 0.193 e. The van der Waals surface area contributed by atoms with E-state index in [4.69, 9.17) is 0 Å². The molecule has 2 aromatic carbocycles. The molecular formula is C25H26N2O. The molecule has 142 valence electrons. The molecule has 0 bridgehead atoms. The summed E-state index contributed by atoms with van der Waals surface area (Å²) in [4.78, 5) is 13.0. The third-order valence-corrected chi connectivity index (χ3v) is 4.77. The Kier molecular flexibility index (Phi) is 6.90. The Bertz CT molecular complexity index is 936. The summed E-state index contributed by atoms with van der Waals surface area (Å²) in [5.74, 6) is 0.0657. The molecule has 0 amide bonds. The second-order valence-electron chi connectivity index (χ2n) is 6.55. The lowest BCUT2D eigenvalue weighted by molar-refractivity contribution is 0.103. The number of benzene rings is 2. The second kappa shape index (κ2) is 9.79. The molecule has 0 saturated heterocycles. The van der Waals surface area contributed by atoms with Gasteiger partial charge < -0.3 is 0 Å². The number of Topliss-reactive ketones (excluding diaryl/α,β-unsaturated/α-hetero) is 1. The summed E-state index contributed by atoms with van der Waals surface area (Å²) in [6.07, 6.45) is 8.65. The maximum Gasteiger partial charge on any atom is 0.193 e. The number of hydrogen-bond donors (Lipinski definition) is 2. The van der Waals surface area contributed by atoms with E-state index < -0.39 is 0 Å². The van der Waals surface area contributed by atoms with Crippen LogP contribution >= 0.6 is 0 Å². The van der Waals surface area contributed by atoms with E-state index in [0.717, 1.165) is 40.8 Å². The van der Waals surface area contributed by atoms with Crippen molar-refractivity contribution in [3.8, 4) is 0 Å². The molecule has 0 atom stereocenters. The van der Waals surface area contributed by atoms with E-state index in [1.807, 2.05) is 67.6 Å². The van der Waals surface area contributed by atoms with Crippen LogP contribution in [0.2, 0.25) is 0 Å². The van der Waals surface area contributed by atoms with Crippen LogP contribution < -0.4 is 10.9 Å². The minimum absolute atomic E-state index is 0.0657. The molecule has 1 aliphatic carbocycles. The number of carbonyl (C=O) groups excluding carboxylic acids is 1. The predicted octanol–water partition coefficient (Wildman–Crippen LogP) is 4.66. The van der Waals surface area contributed by atoms with E-state index in [1.165, 1.54) is 5.56 Å². The topological polar surface area (TPSA) is 41.1 Å². The lowest BCUT2D eigenvalue weighted by Crippen LogP contribution is -2.34. The van der Waals surface area contributed by atoms with Gasteiger partial charge in [-0.1, -0.05) is 85.5 Å². The Morgan fingerprint density at radius 2 is 1.61 bits per heavy atom. The van der Waals surface area contributed by atoms with Crippen molar-refractivity contribution < 1.29 is 4.79 Å². The summed E-state index contributed by atoms with van der Waals surface area (Å²) in [6.45, 7) is 7.18. The average molecular weight is 370 g/mol. The van der Waals surface area contributed by atoms with Gasteiger partial charge in [-0.2, -0.15) is 0 Å². The molecule has 3 nitrogen and oxygen atoms in total. The van der Waals surface area contributed by atoms with E-state index in [9.17, 15) is 4.79 Å². The number of nitrogens with one attached hydrogen (secondary N) is 2. The van der Waals surface area contributed by atoms with Crippen LogP contribution in [0.3, 0.4) is 0 Å². The van der Waals surface area contributed by atoms with E-state index >= 15 is 0 Å². The first-order valence-electron chi connectivity index (χ1n) is 9.60. The van der Waals surface area contributed by atoms with Crippen LogP contribution in [-0.4, -0.2) is 18.9 Å². The third kappa shape index (κ3) is 4.45. The number of hydrazine groups is 1. The predicted molar refractivity (Wildman–Crippen MR) is 117 cm³/mol. The van der Waals surface area contributed by atoms with Crippen LogP contribution in [0.1, 0.15) is 28.4 Å². The highest BCUT2D eigenvalue weighted by molar-refractivity contribution is 6.21. The van der Waals surface area contributed by atoms with Gasteiger partial charge in [0.2, 0.25) is 0 Å². The van der Waals surface area contributed by atoms with Gasteiger partial charge in [-0.05, 0) is 35.6 Å². The van der Waals surface area contributed by atoms with Crippen LogP contribution in [-0.2, 0) is 6.42 Å². The highest BCUT2D eigenvalue weighted by atomic mass is 16.1. The number of ketones is 1. The summed E-state index contributed by atoms with van der Waals surface area (Å²) in [5, 5.41) is 0. The van der Waals surface area contributed by atoms with Crippen molar-refractivity contribution in [1.29, 1.82) is 0 Å². The molecule has 28 heavy (non-hydrogen) atoms. The fraction of sp³-hybridized carbons (Fsp3) is 0.160. The van der Waals surface area contributed by atoms with Crippen molar-refractivity contribution in [1.82, 2.24) is 10.9 Å². The van der Waals surface area contributed by atoms with Crippen molar-refractivity contribution >= 4 is 11.4 Å². The summed E-state index contributed by atoms with van der Waals surface area (Å²) in [7, 11) is 0. The molecule has 3 rings (SSSR count). The van der Waals surface area contributed by atoms with Gasteiger partial charge in [0, 0.05) is 24.2 Å². The number of fused-ring (bicyclic) bond motifs is 1. The molecule has 0 fully saturated rings. The molecule has 0 unspecified atom stereocenters. The van der Waals surface area contributed by atoms with E-state index in [1.54, 1.807) is 6.08 Å². The van der Waals surface area contributed by atoms with Crippen molar-refractivity contribution in [3.05, 3.63) is 113 Å². The van der Waals surface area contributed by atoms with Crippen molar-refractivity contribution in [2.24, 2.45) is 0 Å². The van der Waals surface area contributed by atoms with Gasteiger partial charge in [-0.25, -0.2) is 0 Å². The maximum absolute atomic E-state index is 13.0. The monoisotopic (exact) mass is 370 g/mol. The third-order valence-electron chi connectivity index (χ3n) is 4.77. The van der Waals surface area contributed by atoms with Gasteiger partial charge in [-0.3, -0.25) is 15.6 Å². The maximum atomic E-state index is 13.0. The van der Waals surface area contributed by atoms with Crippen LogP contribution in [0.25, 0.3) is 5.57 Å². The van der Waals surface area contributed by atoms with Gasteiger partial charge in [0.15, 0.2) is 5.78 Å². The normalized spacial score (nSPS) is 17.9. The molecule has 3 heteroatoms. The van der Waals surface area contributed by atoms with Crippen molar-refractivity contribution in [3.63, 3.8) is 0 Å². The van der Waals surface area contributed by atoms with Gasteiger partial charge in [0.25, 0.3) is 0 Å². The Labute approximate surface area is 167 Å². The molecule has 0 saturated carbocycles. The second-order valence-corrected chi connectivity index (χ2v) is 6.55. The van der Waals surface area contributed by atoms with Crippen LogP contribution in [0.5, 0.6) is 0 Å². The average Bonchev–Trinajstić information content (AvgIpc) is 2.74. The molecule has 0 aromatic heterocycles. The molecule has 0 radical (unpaired) electrons. The SMILES string of the molecule is C=C\C=C1C(=C/C)/C(=C\CNNCCc2ccccc2)C(=O)c2ccccc2/1. The van der Waals surface area contributed by atoms with Gasteiger partial charge in [0.05, 0.1) is 0 Å². The number of hydrogen-bond acceptors (Lipinski definition) is 3. The fourth-order valence-electron chi connectivity index (χ4n) is 3.45. The Morgan fingerprint density at radius 3 is 2.32 bits per heavy atom. The lowest BCUT2D eigenvalue weighted by atomic mass is 9.79. The van der Waals surface area contributed by atoms with Crippen molar-refractivity contribution in [2.45, 2.75) is 13.3 Å². The Morgan fingerprint density at radius 1 is 0.893 bits per heavy atom. The zero-order chi connectivity index (χ0) is 19.8. The first-order valence-corrected chi connectivity index (χ1v) is 9.60. The highest BCUT2D eigenvalue weighted by Gasteiger charge is 2.28. The fourth-order valence-corrected chi connectivity index (χ4v) is 3.45. The zero-order valence-corrected chi connectivity index (χ0v) is 16.2. The molecule has 2 N–H and O–H groups in total. The molecule has 0 spiro atoms. The largest absolute Gasteiger partial charge is 0.289 e. The Balaban J connectivity index is 1.69. The minimum atomic E-state index is 0.0657. The van der Waals surface area contributed by atoms with Crippen LogP contribution in [0.4, 0.5) is 0 Å². The molecular weight excluding hydrogens is 344 g/mol. The number of allylic oxidation sites excluding steroid dienone is 6. The summed E-state index contributed by atoms with van der Waals surface area (Å²) >= 11 is 0. The first-order chi connectivity index (χ1) is 13.8. The van der Waals surface area contributed by atoms with E-state index in [-0.39, 0.29) is 5.78 Å². The van der Waals surface area contributed by atoms with Crippen LogP contribution in [0, 0.1) is 0 Å². The quantitative estimate of drug-likeness (QED) is 0.423. The summed E-state index contributed by atoms with van der Waals surface area (Å²) in [5.41, 5.74) is 12.1. The number of carbonyl (C=O) groups is 1. The van der Waals surface area contributed by atoms with E-state index in [0.29, 0.717) is 6.54 Å². The van der Waals surface area contributed by atoms with E-state index in [2.05, 4.69) is 29.6 Å². The standard InChI is InChI=1S/C25H26N2O/c1-3-10-21-20(4-2)24(25(28)23-14-9-8-13-22(21)23)16-18-27-26-17-15-19-11-6-5-7-12-19/h3-14,16,26-27H,1,15,17-18H2,2H3/b20-4-,21-10+,24-16+. The summed E-state index contributed by atoms with van der Waals surface area (Å²) < 4.78 is 0. The Hall–Kier alpha value is -3.01. The van der Waals surface area contributed by atoms with Crippen LogP contribution in [0.15, 0.2) is 96.6 Å². The van der Waals surface area contributed by atoms with Crippen molar-refractivity contribution in [2.75, 3.05) is 13.1 Å². The van der Waals surface area contributed by atoms with Gasteiger partial charge in [0.1, 0.15) is 0 Å². The highest BCUT2D eigenvalue weighted by Crippen LogP contribution is 2.38. The molecule has 1 aliphatic rings. The molecule has 2 aromatic rings. The summed E-state index contributed by atoms with van der Waals surface area (Å²) in [6, 6.07) is 18.1.